The number of nitriles is 1. The molecule has 2 rings (SSSR count). The quantitative estimate of drug-likeness (QED) is 0.762. The monoisotopic (exact) mass is 235 g/mol. The third-order valence-electron chi connectivity index (χ3n) is 2.93. The second-order valence-electron chi connectivity index (χ2n) is 4.05. The van der Waals surface area contributed by atoms with Gasteiger partial charge < -0.3 is 10.6 Å². The summed E-state index contributed by atoms with van der Waals surface area (Å²) in [5.41, 5.74) is 7.99. The van der Waals surface area contributed by atoms with Crippen molar-refractivity contribution in [3.63, 3.8) is 0 Å². The molecule has 0 spiro atoms. The van der Waals surface area contributed by atoms with Crippen LogP contribution in [0.5, 0.6) is 0 Å². The molecule has 1 aliphatic rings. The van der Waals surface area contributed by atoms with E-state index in [1.807, 2.05) is 6.07 Å². The van der Waals surface area contributed by atoms with Crippen LogP contribution in [0.3, 0.4) is 0 Å². The Hall–Kier alpha value is -1.40. The van der Waals surface area contributed by atoms with E-state index in [9.17, 15) is 0 Å². The molecule has 1 aromatic rings. The van der Waals surface area contributed by atoms with Gasteiger partial charge in [-0.15, -0.1) is 0 Å². The highest BCUT2D eigenvalue weighted by atomic mass is 35.5. The van der Waals surface area contributed by atoms with Crippen LogP contribution in [0, 0.1) is 11.3 Å². The van der Waals surface area contributed by atoms with Gasteiger partial charge in [0.05, 0.1) is 22.0 Å². The van der Waals surface area contributed by atoms with Crippen LogP contribution in [-0.4, -0.2) is 13.1 Å². The smallest absolute Gasteiger partial charge is 0.101 e. The Labute approximate surface area is 100 Å². The van der Waals surface area contributed by atoms with Crippen molar-refractivity contribution in [2.24, 2.45) is 0 Å². The molecule has 16 heavy (non-hydrogen) atoms. The number of hydrogen-bond donors (Lipinski definition) is 1. The van der Waals surface area contributed by atoms with Gasteiger partial charge in [0, 0.05) is 13.1 Å². The van der Waals surface area contributed by atoms with Crippen molar-refractivity contribution in [1.82, 2.24) is 0 Å². The van der Waals surface area contributed by atoms with Gasteiger partial charge in [-0.25, -0.2) is 0 Å². The Bertz CT molecular complexity index is 431. The van der Waals surface area contributed by atoms with Crippen molar-refractivity contribution in [3.05, 3.63) is 22.7 Å². The van der Waals surface area contributed by atoms with Crippen molar-refractivity contribution < 1.29 is 0 Å². The first-order valence-corrected chi connectivity index (χ1v) is 5.84. The Morgan fingerprint density at radius 1 is 1.25 bits per heavy atom. The lowest BCUT2D eigenvalue weighted by Gasteiger charge is -2.30. The van der Waals surface area contributed by atoms with Crippen molar-refractivity contribution >= 4 is 23.0 Å². The maximum absolute atomic E-state index is 8.84. The van der Waals surface area contributed by atoms with Crippen LogP contribution < -0.4 is 10.6 Å². The first kappa shape index (κ1) is 11.1. The van der Waals surface area contributed by atoms with Crippen molar-refractivity contribution in [1.29, 1.82) is 5.26 Å². The van der Waals surface area contributed by atoms with Crippen molar-refractivity contribution in [2.45, 2.75) is 19.3 Å². The summed E-state index contributed by atoms with van der Waals surface area (Å²) in [6.07, 6.45) is 3.66. The van der Waals surface area contributed by atoms with E-state index in [-0.39, 0.29) is 0 Å². The molecule has 0 bridgehead atoms. The summed E-state index contributed by atoms with van der Waals surface area (Å²) in [6, 6.07) is 5.50. The highest BCUT2D eigenvalue weighted by Gasteiger charge is 2.15. The van der Waals surface area contributed by atoms with Gasteiger partial charge >= 0.3 is 0 Å². The predicted molar refractivity (Wildman–Crippen MR) is 66.6 cm³/mol. The van der Waals surface area contributed by atoms with Crippen LogP contribution in [0.1, 0.15) is 24.8 Å². The molecule has 0 aromatic heterocycles. The van der Waals surface area contributed by atoms with Crippen LogP contribution in [0.4, 0.5) is 11.4 Å². The number of benzene rings is 1. The van der Waals surface area contributed by atoms with E-state index in [0.717, 1.165) is 18.8 Å². The molecule has 0 radical (unpaired) electrons. The van der Waals surface area contributed by atoms with Crippen molar-refractivity contribution in [3.8, 4) is 6.07 Å². The van der Waals surface area contributed by atoms with E-state index in [1.54, 1.807) is 12.1 Å². The summed E-state index contributed by atoms with van der Waals surface area (Å²) in [5.74, 6) is 0. The van der Waals surface area contributed by atoms with E-state index < -0.39 is 0 Å². The van der Waals surface area contributed by atoms with Crippen LogP contribution in [0.25, 0.3) is 0 Å². The predicted octanol–water partition coefficient (Wildman–Crippen LogP) is 2.78. The highest BCUT2D eigenvalue weighted by Crippen LogP contribution is 2.31. The lowest BCUT2D eigenvalue weighted by Crippen LogP contribution is -2.30. The molecule has 1 saturated heterocycles. The first-order valence-electron chi connectivity index (χ1n) is 5.46. The van der Waals surface area contributed by atoms with Crippen LogP contribution >= 0.6 is 11.6 Å². The lowest BCUT2D eigenvalue weighted by molar-refractivity contribution is 0.578. The van der Waals surface area contributed by atoms with Gasteiger partial charge in [0.2, 0.25) is 0 Å². The number of piperidine rings is 1. The number of nitrogens with two attached hydrogens (primary N) is 1. The molecular formula is C12H14ClN3. The average molecular weight is 236 g/mol. The van der Waals surface area contributed by atoms with E-state index in [0.29, 0.717) is 16.3 Å². The van der Waals surface area contributed by atoms with E-state index in [1.165, 1.54) is 19.3 Å². The summed E-state index contributed by atoms with van der Waals surface area (Å²) in [7, 11) is 0. The lowest BCUT2D eigenvalue weighted by atomic mass is 10.1. The molecule has 0 saturated carbocycles. The fraction of sp³-hybridized carbons (Fsp3) is 0.417. The molecular weight excluding hydrogens is 222 g/mol. The average Bonchev–Trinajstić information content (AvgIpc) is 2.32. The zero-order valence-electron chi connectivity index (χ0n) is 9.04. The third kappa shape index (κ3) is 2.07. The third-order valence-corrected chi connectivity index (χ3v) is 3.25. The Morgan fingerprint density at radius 3 is 2.56 bits per heavy atom. The minimum Gasteiger partial charge on any atom is -0.397 e. The summed E-state index contributed by atoms with van der Waals surface area (Å²) in [4.78, 5) is 2.24. The van der Waals surface area contributed by atoms with Crippen LogP contribution in [-0.2, 0) is 0 Å². The van der Waals surface area contributed by atoms with E-state index in [4.69, 9.17) is 22.6 Å². The Morgan fingerprint density at radius 2 is 1.94 bits per heavy atom. The minimum absolute atomic E-state index is 0.444. The summed E-state index contributed by atoms with van der Waals surface area (Å²) < 4.78 is 0. The largest absolute Gasteiger partial charge is 0.397 e. The second kappa shape index (κ2) is 4.63. The van der Waals surface area contributed by atoms with Gasteiger partial charge in [-0.2, -0.15) is 5.26 Å². The molecule has 4 heteroatoms. The molecule has 3 nitrogen and oxygen atoms in total. The molecule has 1 aliphatic heterocycles. The number of nitrogen functional groups attached to an aromatic ring is 1. The van der Waals surface area contributed by atoms with Gasteiger partial charge in [-0.1, -0.05) is 11.6 Å². The van der Waals surface area contributed by atoms with E-state index in [2.05, 4.69) is 4.90 Å². The fourth-order valence-electron chi connectivity index (χ4n) is 2.07. The molecule has 84 valence electrons. The topological polar surface area (TPSA) is 53.1 Å². The maximum atomic E-state index is 8.84. The standard InChI is InChI=1S/C12H14ClN3/c13-10-7-12(11(15)6-9(10)8-14)16-4-2-1-3-5-16/h6-7H,1-5,15H2. The molecule has 2 N–H and O–H groups in total. The number of hydrogen-bond acceptors (Lipinski definition) is 3. The second-order valence-corrected chi connectivity index (χ2v) is 4.46. The maximum Gasteiger partial charge on any atom is 0.101 e. The normalized spacial score (nSPS) is 15.9. The van der Waals surface area contributed by atoms with Gasteiger partial charge in [-0.3, -0.25) is 0 Å². The fourth-order valence-corrected chi connectivity index (χ4v) is 2.27. The van der Waals surface area contributed by atoms with Crippen LogP contribution in [0.15, 0.2) is 12.1 Å². The van der Waals surface area contributed by atoms with Gasteiger partial charge in [0.1, 0.15) is 6.07 Å². The molecule has 0 unspecified atom stereocenters. The summed E-state index contributed by atoms with van der Waals surface area (Å²) in [5, 5.41) is 9.32. The van der Waals surface area contributed by atoms with Gasteiger partial charge in [0.25, 0.3) is 0 Å². The molecule has 1 heterocycles. The molecule has 0 amide bonds. The molecule has 0 atom stereocenters. The molecule has 0 aliphatic carbocycles. The molecule has 1 aromatic carbocycles. The summed E-state index contributed by atoms with van der Waals surface area (Å²) in [6.45, 7) is 2.04. The zero-order chi connectivity index (χ0) is 11.5. The number of halogens is 1. The Balaban J connectivity index is 2.34. The highest BCUT2D eigenvalue weighted by molar-refractivity contribution is 6.32. The zero-order valence-corrected chi connectivity index (χ0v) is 9.80. The number of anilines is 2. The van der Waals surface area contributed by atoms with Gasteiger partial charge in [-0.05, 0) is 31.4 Å². The van der Waals surface area contributed by atoms with Crippen LogP contribution in [0.2, 0.25) is 5.02 Å². The number of nitrogens with zero attached hydrogens (tertiary/aromatic N) is 2. The minimum atomic E-state index is 0.444. The van der Waals surface area contributed by atoms with Gasteiger partial charge in [0.15, 0.2) is 0 Å². The number of rotatable bonds is 1. The first-order chi connectivity index (χ1) is 7.72. The van der Waals surface area contributed by atoms with Crippen molar-refractivity contribution in [2.75, 3.05) is 23.7 Å². The van der Waals surface area contributed by atoms with E-state index >= 15 is 0 Å². The Kier molecular flexibility index (Phi) is 3.21. The molecule has 1 fully saturated rings. The SMILES string of the molecule is N#Cc1cc(N)c(N2CCCCC2)cc1Cl. The summed E-state index contributed by atoms with van der Waals surface area (Å²) >= 11 is 6.02.